The molecular weight excluding hydrogens is 398 g/mol. The maximum absolute atomic E-state index is 12.6. The number of anilines is 2. The van der Waals surface area contributed by atoms with E-state index in [1.54, 1.807) is 23.1 Å². The number of carbonyl (C=O) groups excluding carboxylic acids is 1. The number of amides is 1. The Balaban J connectivity index is 1.54. The number of hydrogen-bond acceptors (Lipinski definition) is 6. The number of nitrogens with zero attached hydrogens (tertiary/aromatic N) is 2. The Bertz CT molecular complexity index is 1080. The molecule has 0 spiro atoms. The molecule has 4 rings (SSSR count). The van der Waals surface area contributed by atoms with Crippen molar-refractivity contribution in [3.63, 3.8) is 0 Å². The van der Waals surface area contributed by atoms with Gasteiger partial charge in [0.15, 0.2) is 0 Å². The van der Waals surface area contributed by atoms with E-state index in [1.807, 2.05) is 0 Å². The highest BCUT2D eigenvalue weighted by Crippen LogP contribution is 2.33. The lowest BCUT2D eigenvalue weighted by molar-refractivity contribution is -0.385. The lowest BCUT2D eigenvalue weighted by Gasteiger charge is -2.21. The van der Waals surface area contributed by atoms with Crippen molar-refractivity contribution >= 4 is 33.0 Å². The van der Waals surface area contributed by atoms with E-state index in [4.69, 9.17) is 4.74 Å². The number of ether oxygens (including phenoxy) is 1. The number of nitrogens with one attached hydrogen (secondary N) is 1. The molecule has 2 heterocycles. The number of benzene rings is 2. The van der Waals surface area contributed by atoms with Crippen molar-refractivity contribution in [1.82, 2.24) is 0 Å². The molecule has 1 amide bonds. The molecule has 2 aliphatic heterocycles. The Labute approximate surface area is 167 Å². The zero-order valence-corrected chi connectivity index (χ0v) is 16.2. The first-order chi connectivity index (χ1) is 13.8. The molecule has 10 heteroatoms. The molecule has 1 unspecified atom stereocenters. The number of nitro groups is 1. The van der Waals surface area contributed by atoms with Crippen LogP contribution in [0.4, 0.5) is 17.1 Å². The van der Waals surface area contributed by atoms with E-state index in [-0.39, 0.29) is 16.5 Å². The summed E-state index contributed by atoms with van der Waals surface area (Å²) in [7, 11) is -3.98. The molecule has 0 radical (unpaired) electrons. The average molecular weight is 417 g/mol. The van der Waals surface area contributed by atoms with E-state index in [0.717, 1.165) is 23.7 Å². The fourth-order valence-corrected chi connectivity index (χ4v) is 4.71. The van der Waals surface area contributed by atoms with Gasteiger partial charge in [-0.05, 0) is 49.1 Å². The number of sulfonamides is 1. The summed E-state index contributed by atoms with van der Waals surface area (Å²) in [4.78, 5) is 24.4. The van der Waals surface area contributed by atoms with E-state index in [9.17, 15) is 23.3 Å². The van der Waals surface area contributed by atoms with E-state index in [1.165, 1.54) is 18.2 Å². The van der Waals surface area contributed by atoms with Crippen LogP contribution in [0.2, 0.25) is 0 Å². The zero-order valence-electron chi connectivity index (χ0n) is 15.4. The Morgan fingerprint density at radius 1 is 1.24 bits per heavy atom. The van der Waals surface area contributed by atoms with Gasteiger partial charge in [-0.1, -0.05) is 6.07 Å². The highest BCUT2D eigenvalue weighted by Gasteiger charge is 2.33. The third-order valence-corrected chi connectivity index (χ3v) is 6.42. The van der Waals surface area contributed by atoms with E-state index >= 15 is 0 Å². The normalized spacial score (nSPS) is 18.5. The van der Waals surface area contributed by atoms with Crippen molar-refractivity contribution < 1.29 is 22.9 Å². The minimum atomic E-state index is -3.98. The second kappa shape index (κ2) is 7.45. The fraction of sp³-hybridized carbons (Fsp3) is 0.316. The number of hydrogen-bond donors (Lipinski definition) is 1. The van der Waals surface area contributed by atoms with Crippen LogP contribution in [0.3, 0.4) is 0 Å². The van der Waals surface area contributed by atoms with Crippen molar-refractivity contribution in [3.05, 3.63) is 58.1 Å². The van der Waals surface area contributed by atoms with Gasteiger partial charge in [0.05, 0.1) is 9.82 Å². The molecule has 1 saturated heterocycles. The molecule has 0 aliphatic carbocycles. The van der Waals surface area contributed by atoms with Crippen molar-refractivity contribution in [2.24, 2.45) is 0 Å². The van der Waals surface area contributed by atoms with Gasteiger partial charge in [0.2, 0.25) is 0 Å². The summed E-state index contributed by atoms with van der Waals surface area (Å²) in [6.45, 7) is 1.12. The van der Waals surface area contributed by atoms with Gasteiger partial charge in [0.25, 0.3) is 21.6 Å². The van der Waals surface area contributed by atoms with Crippen molar-refractivity contribution in [2.75, 3.05) is 22.8 Å². The summed E-state index contributed by atoms with van der Waals surface area (Å²) >= 11 is 0. The van der Waals surface area contributed by atoms with Crippen LogP contribution in [0.25, 0.3) is 0 Å². The summed E-state index contributed by atoms with van der Waals surface area (Å²) in [5.41, 5.74) is 1.64. The summed E-state index contributed by atoms with van der Waals surface area (Å²) < 4.78 is 33.1. The lowest BCUT2D eigenvalue weighted by Crippen LogP contribution is -2.37. The van der Waals surface area contributed by atoms with Gasteiger partial charge in [-0.3, -0.25) is 19.6 Å². The Hall–Kier alpha value is -2.98. The van der Waals surface area contributed by atoms with Crippen LogP contribution in [0.1, 0.15) is 18.4 Å². The minimum Gasteiger partial charge on any atom is -0.368 e. The largest absolute Gasteiger partial charge is 0.368 e. The van der Waals surface area contributed by atoms with Gasteiger partial charge in [0.1, 0.15) is 6.10 Å². The first kappa shape index (κ1) is 19.3. The summed E-state index contributed by atoms with van der Waals surface area (Å²) in [6.07, 6.45) is 1.79. The molecule has 2 aromatic carbocycles. The lowest BCUT2D eigenvalue weighted by atomic mass is 10.1. The van der Waals surface area contributed by atoms with Crippen LogP contribution in [-0.2, 0) is 26.0 Å². The van der Waals surface area contributed by atoms with Gasteiger partial charge in [-0.25, -0.2) is 8.42 Å². The van der Waals surface area contributed by atoms with Gasteiger partial charge >= 0.3 is 0 Å². The van der Waals surface area contributed by atoms with Crippen LogP contribution in [-0.4, -0.2) is 38.5 Å². The van der Waals surface area contributed by atoms with Gasteiger partial charge in [-0.15, -0.1) is 0 Å². The van der Waals surface area contributed by atoms with Crippen LogP contribution >= 0.6 is 0 Å². The first-order valence-electron chi connectivity index (χ1n) is 9.18. The first-order valence-corrected chi connectivity index (χ1v) is 10.7. The standard InChI is InChI=1S/C19H19N3O6S/c23-19(18-5-2-10-28-18)21-9-8-13-11-14(6-7-17(13)21)20-29(26,27)16-4-1-3-15(12-16)22(24)25/h1,3-4,6-7,11-12,18,20H,2,5,8-10H2. The van der Waals surface area contributed by atoms with Crippen LogP contribution in [0, 0.1) is 10.1 Å². The van der Waals surface area contributed by atoms with Crippen molar-refractivity contribution in [2.45, 2.75) is 30.3 Å². The topological polar surface area (TPSA) is 119 Å². The quantitative estimate of drug-likeness (QED) is 0.590. The number of nitro benzene ring substituents is 1. The smallest absolute Gasteiger partial charge is 0.270 e. The maximum Gasteiger partial charge on any atom is 0.270 e. The highest BCUT2D eigenvalue weighted by atomic mass is 32.2. The van der Waals surface area contributed by atoms with E-state index in [0.29, 0.717) is 31.7 Å². The maximum atomic E-state index is 12.6. The molecule has 2 aliphatic rings. The fourth-order valence-electron chi connectivity index (χ4n) is 3.62. The SMILES string of the molecule is O=C(C1CCCO1)N1CCc2cc(NS(=O)(=O)c3cccc([N+](=O)[O-])c3)ccc21. The molecule has 0 aromatic heterocycles. The molecule has 2 aromatic rings. The second-order valence-electron chi connectivity index (χ2n) is 6.94. The summed E-state index contributed by atoms with van der Waals surface area (Å²) in [5, 5.41) is 10.9. The van der Waals surface area contributed by atoms with Gasteiger partial charge in [-0.2, -0.15) is 0 Å². The van der Waals surface area contributed by atoms with Gasteiger partial charge in [0, 0.05) is 36.7 Å². The summed E-state index contributed by atoms with van der Waals surface area (Å²) in [6, 6.07) is 9.84. The molecule has 152 valence electrons. The number of carbonyl (C=O) groups is 1. The Morgan fingerprint density at radius 2 is 2.07 bits per heavy atom. The predicted molar refractivity (Wildman–Crippen MR) is 105 cm³/mol. The number of non-ortho nitro benzene ring substituents is 1. The van der Waals surface area contributed by atoms with E-state index < -0.39 is 21.1 Å². The molecule has 0 bridgehead atoms. The van der Waals surface area contributed by atoms with Crippen LogP contribution in [0.5, 0.6) is 0 Å². The third-order valence-electron chi connectivity index (χ3n) is 5.04. The average Bonchev–Trinajstić information content (AvgIpc) is 3.37. The van der Waals surface area contributed by atoms with Crippen molar-refractivity contribution in [3.8, 4) is 0 Å². The van der Waals surface area contributed by atoms with Crippen molar-refractivity contribution in [1.29, 1.82) is 0 Å². The second-order valence-corrected chi connectivity index (χ2v) is 8.63. The molecule has 9 nitrogen and oxygen atoms in total. The molecule has 0 saturated carbocycles. The number of fused-ring (bicyclic) bond motifs is 1. The highest BCUT2D eigenvalue weighted by molar-refractivity contribution is 7.92. The Morgan fingerprint density at radius 3 is 2.79 bits per heavy atom. The van der Waals surface area contributed by atoms with E-state index in [2.05, 4.69) is 4.72 Å². The predicted octanol–water partition coefficient (Wildman–Crippen LogP) is 2.46. The minimum absolute atomic E-state index is 0.0637. The van der Waals surface area contributed by atoms with Crippen LogP contribution in [0.15, 0.2) is 47.4 Å². The molecule has 29 heavy (non-hydrogen) atoms. The van der Waals surface area contributed by atoms with Gasteiger partial charge < -0.3 is 9.64 Å². The van der Waals surface area contributed by atoms with Crippen LogP contribution < -0.4 is 9.62 Å². The number of rotatable bonds is 5. The molecule has 1 fully saturated rings. The third kappa shape index (κ3) is 3.81. The summed E-state index contributed by atoms with van der Waals surface area (Å²) in [5.74, 6) is -0.0637. The monoisotopic (exact) mass is 417 g/mol. The zero-order chi connectivity index (χ0) is 20.6. The molecule has 1 N–H and O–H groups in total. The Kier molecular flexibility index (Phi) is 4.97. The molecule has 1 atom stereocenters. The molecular formula is C19H19N3O6S.